The van der Waals surface area contributed by atoms with Crippen LogP contribution >= 0.6 is 24.0 Å². The fourth-order valence-corrected chi connectivity index (χ4v) is 2.31. The quantitative estimate of drug-likeness (QED) is 0.253. The smallest absolute Gasteiger partial charge is 0.191 e. The summed E-state index contributed by atoms with van der Waals surface area (Å²) in [5.74, 6) is 2.47. The molecular weight excluding hydrogens is 445 g/mol. The molecule has 0 aliphatic heterocycles. The van der Waals surface area contributed by atoms with Crippen molar-refractivity contribution in [2.24, 2.45) is 4.99 Å². The molecule has 0 radical (unpaired) electrons. The lowest BCUT2D eigenvalue weighted by atomic mass is 10.1. The predicted molar refractivity (Wildman–Crippen MR) is 114 cm³/mol. The summed E-state index contributed by atoms with van der Waals surface area (Å²) in [5.41, 5.74) is 2.26. The summed E-state index contributed by atoms with van der Waals surface area (Å²) in [7, 11) is 3.44. The highest BCUT2D eigenvalue weighted by molar-refractivity contribution is 14.0. The van der Waals surface area contributed by atoms with E-state index in [1.807, 2.05) is 12.1 Å². The molecule has 1 aromatic heterocycles. The molecule has 0 spiro atoms. The number of hydrogen-bond donors (Lipinski definition) is 2. The van der Waals surface area contributed by atoms with E-state index in [1.54, 1.807) is 20.4 Å². The van der Waals surface area contributed by atoms with Crippen LogP contribution in [0.15, 0.2) is 46.0 Å². The Labute approximate surface area is 172 Å². The first kappa shape index (κ1) is 22.3. The fourth-order valence-electron chi connectivity index (χ4n) is 2.31. The molecule has 2 aromatic rings. The summed E-state index contributed by atoms with van der Waals surface area (Å²) in [6.07, 6.45) is 2.52. The summed E-state index contributed by atoms with van der Waals surface area (Å²) in [5, 5.41) is 6.52. The molecule has 1 heterocycles. The second-order valence-electron chi connectivity index (χ2n) is 5.66. The number of aryl methyl sites for hydroxylation is 1. The molecular formula is C19H28IN3O3. The first-order valence-corrected chi connectivity index (χ1v) is 8.41. The van der Waals surface area contributed by atoms with Gasteiger partial charge in [0.05, 0.1) is 19.4 Å². The van der Waals surface area contributed by atoms with Crippen LogP contribution in [0, 0.1) is 6.92 Å². The number of rotatable bonds is 9. The number of benzene rings is 1. The van der Waals surface area contributed by atoms with Gasteiger partial charge in [-0.25, -0.2) is 0 Å². The molecule has 6 nitrogen and oxygen atoms in total. The fraction of sp³-hybridized carbons (Fsp3) is 0.421. The van der Waals surface area contributed by atoms with Gasteiger partial charge in [0.25, 0.3) is 0 Å². The normalized spacial score (nSPS) is 11.0. The number of guanidine groups is 1. The standard InChI is InChI=1S/C19H27N3O3.HI/c1-15-7-8-16(18(12-15)25-11-5-9-23-3)13-21-19(20-2)22-14-17-6-4-10-24-17;/h4,6-8,10,12H,5,9,11,13-14H2,1-3H3,(H2,20,21,22);1H. The van der Waals surface area contributed by atoms with E-state index in [9.17, 15) is 0 Å². The third-order valence-corrected chi connectivity index (χ3v) is 3.65. The zero-order valence-corrected chi connectivity index (χ0v) is 17.9. The molecule has 2 rings (SSSR count). The molecule has 0 saturated heterocycles. The van der Waals surface area contributed by atoms with Crippen molar-refractivity contribution in [3.05, 3.63) is 53.5 Å². The molecule has 26 heavy (non-hydrogen) atoms. The van der Waals surface area contributed by atoms with Gasteiger partial charge in [-0.1, -0.05) is 12.1 Å². The maximum atomic E-state index is 5.91. The summed E-state index contributed by atoms with van der Waals surface area (Å²) in [6.45, 7) is 4.60. The molecule has 144 valence electrons. The number of aliphatic imine (C=N–C) groups is 1. The number of nitrogens with zero attached hydrogens (tertiary/aromatic N) is 1. The summed E-state index contributed by atoms with van der Waals surface area (Å²) in [6, 6.07) is 10.0. The number of hydrogen-bond acceptors (Lipinski definition) is 4. The van der Waals surface area contributed by atoms with Gasteiger partial charge in [0, 0.05) is 39.3 Å². The van der Waals surface area contributed by atoms with Gasteiger partial charge in [-0.2, -0.15) is 0 Å². The summed E-state index contributed by atoms with van der Waals surface area (Å²) < 4.78 is 16.3. The topological polar surface area (TPSA) is 68.0 Å². The van der Waals surface area contributed by atoms with Crippen LogP contribution in [0.2, 0.25) is 0 Å². The minimum absolute atomic E-state index is 0. The van der Waals surface area contributed by atoms with Crippen LogP contribution in [0.1, 0.15) is 23.3 Å². The van der Waals surface area contributed by atoms with Crippen LogP contribution < -0.4 is 15.4 Å². The lowest BCUT2D eigenvalue weighted by Gasteiger charge is -2.15. The van der Waals surface area contributed by atoms with E-state index >= 15 is 0 Å². The summed E-state index contributed by atoms with van der Waals surface area (Å²) >= 11 is 0. The largest absolute Gasteiger partial charge is 0.493 e. The average Bonchev–Trinajstić information content (AvgIpc) is 3.14. The van der Waals surface area contributed by atoms with E-state index in [0.717, 1.165) is 23.5 Å². The van der Waals surface area contributed by atoms with Crippen LogP contribution in [0.4, 0.5) is 0 Å². The van der Waals surface area contributed by atoms with E-state index < -0.39 is 0 Å². The predicted octanol–water partition coefficient (Wildman–Crippen LogP) is 3.49. The van der Waals surface area contributed by atoms with Gasteiger partial charge in [0.1, 0.15) is 11.5 Å². The first-order valence-electron chi connectivity index (χ1n) is 8.41. The Hall–Kier alpha value is -1.74. The number of halogens is 1. The molecule has 0 amide bonds. The molecule has 1 aromatic carbocycles. The van der Waals surface area contributed by atoms with E-state index in [-0.39, 0.29) is 24.0 Å². The van der Waals surface area contributed by atoms with Gasteiger partial charge in [-0.3, -0.25) is 4.99 Å². The Kier molecular flexibility index (Phi) is 10.8. The number of ether oxygens (including phenoxy) is 2. The van der Waals surface area contributed by atoms with Crippen molar-refractivity contribution >= 4 is 29.9 Å². The van der Waals surface area contributed by atoms with E-state index in [2.05, 4.69) is 40.7 Å². The molecule has 0 aliphatic carbocycles. The third-order valence-electron chi connectivity index (χ3n) is 3.65. The van der Waals surface area contributed by atoms with Crippen LogP contribution in [-0.4, -0.2) is 33.3 Å². The monoisotopic (exact) mass is 473 g/mol. The van der Waals surface area contributed by atoms with Crippen molar-refractivity contribution in [2.75, 3.05) is 27.4 Å². The minimum Gasteiger partial charge on any atom is -0.493 e. The highest BCUT2D eigenvalue weighted by Gasteiger charge is 2.06. The maximum absolute atomic E-state index is 5.91. The van der Waals surface area contributed by atoms with Crippen molar-refractivity contribution < 1.29 is 13.9 Å². The van der Waals surface area contributed by atoms with Crippen LogP contribution in [-0.2, 0) is 17.8 Å². The lowest BCUT2D eigenvalue weighted by Crippen LogP contribution is -2.36. The minimum atomic E-state index is 0. The SMILES string of the molecule is CN=C(NCc1ccco1)NCc1ccc(C)cc1OCCCOC.I. The second kappa shape index (κ2) is 12.6. The summed E-state index contributed by atoms with van der Waals surface area (Å²) in [4.78, 5) is 4.23. The molecule has 0 saturated carbocycles. The molecule has 0 aliphatic rings. The highest BCUT2D eigenvalue weighted by Crippen LogP contribution is 2.20. The Morgan fingerprint density at radius 1 is 1.15 bits per heavy atom. The Morgan fingerprint density at radius 2 is 1.96 bits per heavy atom. The Morgan fingerprint density at radius 3 is 2.65 bits per heavy atom. The molecule has 0 fully saturated rings. The van der Waals surface area contributed by atoms with Gasteiger partial charge in [-0.15, -0.1) is 24.0 Å². The van der Waals surface area contributed by atoms with Crippen molar-refractivity contribution in [1.82, 2.24) is 10.6 Å². The van der Waals surface area contributed by atoms with E-state index in [0.29, 0.717) is 32.3 Å². The van der Waals surface area contributed by atoms with Gasteiger partial charge in [-0.05, 0) is 30.7 Å². The zero-order valence-electron chi connectivity index (χ0n) is 15.6. The maximum Gasteiger partial charge on any atom is 0.191 e. The molecule has 0 bridgehead atoms. The third kappa shape index (κ3) is 7.65. The van der Waals surface area contributed by atoms with Crippen molar-refractivity contribution in [1.29, 1.82) is 0 Å². The average molecular weight is 473 g/mol. The van der Waals surface area contributed by atoms with Gasteiger partial charge in [0.2, 0.25) is 0 Å². The van der Waals surface area contributed by atoms with Gasteiger partial charge in [0.15, 0.2) is 5.96 Å². The van der Waals surface area contributed by atoms with E-state index in [4.69, 9.17) is 13.9 Å². The number of nitrogens with one attached hydrogen (secondary N) is 2. The molecule has 2 N–H and O–H groups in total. The molecule has 0 atom stereocenters. The number of methoxy groups -OCH3 is 1. The lowest BCUT2D eigenvalue weighted by molar-refractivity contribution is 0.171. The van der Waals surface area contributed by atoms with E-state index in [1.165, 1.54) is 5.56 Å². The molecule has 7 heteroatoms. The first-order chi connectivity index (χ1) is 12.2. The van der Waals surface area contributed by atoms with Crippen LogP contribution in [0.25, 0.3) is 0 Å². The van der Waals surface area contributed by atoms with Gasteiger partial charge < -0.3 is 24.5 Å². The van der Waals surface area contributed by atoms with Crippen molar-refractivity contribution in [3.63, 3.8) is 0 Å². The zero-order chi connectivity index (χ0) is 17.9. The van der Waals surface area contributed by atoms with Crippen molar-refractivity contribution in [3.8, 4) is 5.75 Å². The second-order valence-corrected chi connectivity index (χ2v) is 5.66. The Balaban J connectivity index is 0.00000338. The number of furan rings is 1. The molecule has 0 unspecified atom stereocenters. The van der Waals surface area contributed by atoms with Crippen molar-refractivity contribution in [2.45, 2.75) is 26.4 Å². The Bertz CT molecular complexity index is 660. The van der Waals surface area contributed by atoms with Crippen LogP contribution in [0.3, 0.4) is 0 Å². The van der Waals surface area contributed by atoms with Crippen LogP contribution in [0.5, 0.6) is 5.75 Å². The van der Waals surface area contributed by atoms with Gasteiger partial charge >= 0.3 is 0 Å². The highest BCUT2D eigenvalue weighted by atomic mass is 127.